The molecule has 90 valence electrons. The van der Waals surface area contributed by atoms with E-state index in [9.17, 15) is 4.79 Å². The Labute approximate surface area is 105 Å². The zero-order chi connectivity index (χ0) is 12.7. The second-order valence-corrected chi connectivity index (χ2v) is 4.49. The molecule has 4 heteroatoms. The third kappa shape index (κ3) is 1.71. The number of carbonyl (C=O) groups excluding carboxylic acids is 1. The summed E-state index contributed by atoms with van der Waals surface area (Å²) in [4.78, 5) is 11.7. The number of aromatic nitrogens is 1. The molecule has 2 aromatic rings. The Kier molecular flexibility index (Phi) is 2.87. The number of Topliss-reactive ketones (excluding diaryl/α,β-unsaturated/α-hetero) is 1. The standard InChI is InChI=1S/C13H14ClNO2/c1-7-13(8(2)16)9-5-12(17-4)10(14)6-11(9)15(7)3/h5-6H,1-4H3. The summed E-state index contributed by atoms with van der Waals surface area (Å²) >= 11 is 6.09. The molecule has 0 spiro atoms. The van der Waals surface area contributed by atoms with Gasteiger partial charge in [0.1, 0.15) is 5.75 Å². The van der Waals surface area contributed by atoms with Crippen LogP contribution in [0, 0.1) is 6.92 Å². The first-order valence-corrected chi connectivity index (χ1v) is 5.68. The van der Waals surface area contributed by atoms with Gasteiger partial charge < -0.3 is 9.30 Å². The van der Waals surface area contributed by atoms with Crippen molar-refractivity contribution in [3.8, 4) is 5.75 Å². The fraction of sp³-hybridized carbons (Fsp3) is 0.308. The first-order valence-electron chi connectivity index (χ1n) is 5.30. The molecule has 0 N–H and O–H groups in total. The molecule has 17 heavy (non-hydrogen) atoms. The molecule has 0 amide bonds. The molecule has 1 aromatic heterocycles. The molecule has 0 aliphatic heterocycles. The monoisotopic (exact) mass is 251 g/mol. The molecule has 0 bridgehead atoms. The van der Waals surface area contributed by atoms with Crippen LogP contribution in [-0.4, -0.2) is 17.5 Å². The van der Waals surface area contributed by atoms with Gasteiger partial charge in [0, 0.05) is 23.7 Å². The van der Waals surface area contributed by atoms with Crippen LogP contribution in [0.1, 0.15) is 23.0 Å². The Hall–Kier alpha value is -1.48. The minimum atomic E-state index is 0.0532. The summed E-state index contributed by atoms with van der Waals surface area (Å²) in [5.41, 5.74) is 2.62. The van der Waals surface area contributed by atoms with Crippen molar-refractivity contribution in [1.82, 2.24) is 4.57 Å². The number of ether oxygens (including phenoxy) is 1. The van der Waals surface area contributed by atoms with Gasteiger partial charge in [-0.25, -0.2) is 0 Å². The number of fused-ring (bicyclic) bond motifs is 1. The quantitative estimate of drug-likeness (QED) is 0.767. The van der Waals surface area contributed by atoms with Crippen LogP contribution < -0.4 is 4.74 Å². The summed E-state index contributed by atoms with van der Waals surface area (Å²) in [5.74, 6) is 0.643. The SMILES string of the molecule is COc1cc2c(C(C)=O)c(C)n(C)c2cc1Cl. The lowest BCUT2D eigenvalue weighted by molar-refractivity contribution is 0.101. The Morgan fingerprint density at radius 1 is 1.41 bits per heavy atom. The minimum Gasteiger partial charge on any atom is -0.495 e. The Morgan fingerprint density at radius 3 is 2.59 bits per heavy atom. The van der Waals surface area contributed by atoms with Gasteiger partial charge in [-0.1, -0.05) is 11.6 Å². The third-order valence-corrected chi connectivity index (χ3v) is 3.41. The Balaban J connectivity index is 2.91. The van der Waals surface area contributed by atoms with Crippen LogP contribution in [-0.2, 0) is 7.05 Å². The van der Waals surface area contributed by atoms with Crippen molar-refractivity contribution in [2.75, 3.05) is 7.11 Å². The van der Waals surface area contributed by atoms with E-state index >= 15 is 0 Å². The van der Waals surface area contributed by atoms with Gasteiger partial charge in [0.05, 0.1) is 17.6 Å². The van der Waals surface area contributed by atoms with Crippen LogP contribution in [0.5, 0.6) is 5.75 Å². The topological polar surface area (TPSA) is 31.2 Å². The molecule has 0 fully saturated rings. The lowest BCUT2D eigenvalue weighted by Gasteiger charge is -2.04. The predicted molar refractivity (Wildman–Crippen MR) is 69.2 cm³/mol. The van der Waals surface area contributed by atoms with Crippen molar-refractivity contribution >= 4 is 28.3 Å². The highest BCUT2D eigenvalue weighted by molar-refractivity contribution is 6.33. The number of methoxy groups -OCH3 is 1. The van der Waals surface area contributed by atoms with Crippen LogP contribution >= 0.6 is 11.6 Å². The van der Waals surface area contributed by atoms with Crippen molar-refractivity contribution < 1.29 is 9.53 Å². The van der Waals surface area contributed by atoms with E-state index in [-0.39, 0.29) is 5.78 Å². The van der Waals surface area contributed by atoms with Crippen molar-refractivity contribution in [1.29, 1.82) is 0 Å². The maximum absolute atomic E-state index is 11.7. The van der Waals surface area contributed by atoms with Crippen LogP contribution in [0.15, 0.2) is 12.1 Å². The molecule has 0 aliphatic rings. The first kappa shape index (κ1) is 12.0. The highest BCUT2D eigenvalue weighted by Crippen LogP contribution is 2.34. The largest absolute Gasteiger partial charge is 0.495 e. The minimum absolute atomic E-state index is 0.0532. The van der Waals surface area contributed by atoms with Crippen LogP contribution in [0.2, 0.25) is 5.02 Å². The smallest absolute Gasteiger partial charge is 0.162 e. The molecule has 1 heterocycles. The van der Waals surface area contributed by atoms with Crippen LogP contribution in [0.4, 0.5) is 0 Å². The number of hydrogen-bond donors (Lipinski definition) is 0. The summed E-state index contributed by atoms with van der Waals surface area (Å²) < 4.78 is 7.15. The summed E-state index contributed by atoms with van der Waals surface area (Å²) in [7, 11) is 3.49. The van der Waals surface area contributed by atoms with E-state index in [1.54, 1.807) is 14.0 Å². The van der Waals surface area contributed by atoms with E-state index in [2.05, 4.69) is 0 Å². The van der Waals surface area contributed by atoms with E-state index in [0.29, 0.717) is 10.8 Å². The predicted octanol–water partition coefficient (Wildman–Crippen LogP) is 3.35. The van der Waals surface area contributed by atoms with Gasteiger partial charge in [-0.3, -0.25) is 4.79 Å². The van der Waals surface area contributed by atoms with E-state index in [1.165, 1.54) is 0 Å². The fourth-order valence-electron chi connectivity index (χ4n) is 2.16. The summed E-state index contributed by atoms with van der Waals surface area (Å²) in [5, 5.41) is 1.44. The van der Waals surface area contributed by atoms with Gasteiger partial charge in [0.2, 0.25) is 0 Å². The highest BCUT2D eigenvalue weighted by Gasteiger charge is 2.17. The zero-order valence-electron chi connectivity index (χ0n) is 10.3. The van der Waals surface area contributed by atoms with Gasteiger partial charge in [-0.05, 0) is 26.0 Å². The average molecular weight is 252 g/mol. The van der Waals surface area contributed by atoms with Crippen molar-refractivity contribution in [2.24, 2.45) is 7.05 Å². The van der Waals surface area contributed by atoms with E-state index in [0.717, 1.165) is 22.2 Å². The van der Waals surface area contributed by atoms with Crippen molar-refractivity contribution in [2.45, 2.75) is 13.8 Å². The van der Waals surface area contributed by atoms with Gasteiger partial charge in [0.25, 0.3) is 0 Å². The first-order chi connectivity index (χ1) is 7.97. The van der Waals surface area contributed by atoms with Crippen molar-refractivity contribution in [3.05, 3.63) is 28.4 Å². The normalized spacial score (nSPS) is 10.9. The molecule has 0 atom stereocenters. The van der Waals surface area contributed by atoms with Gasteiger partial charge in [-0.2, -0.15) is 0 Å². The average Bonchev–Trinajstić information content (AvgIpc) is 2.51. The number of rotatable bonds is 2. The van der Waals surface area contributed by atoms with Crippen molar-refractivity contribution in [3.63, 3.8) is 0 Å². The maximum Gasteiger partial charge on any atom is 0.162 e. The Bertz CT molecular complexity index is 614. The number of ketones is 1. The van der Waals surface area contributed by atoms with E-state index in [1.807, 2.05) is 30.7 Å². The molecule has 0 saturated carbocycles. The van der Waals surface area contributed by atoms with Crippen LogP contribution in [0.25, 0.3) is 10.9 Å². The van der Waals surface area contributed by atoms with Gasteiger partial charge in [0.15, 0.2) is 5.78 Å². The lowest BCUT2D eigenvalue weighted by atomic mass is 10.1. The number of aryl methyl sites for hydroxylation is 1. The van der Waals surface area contributed by atoms with Gasteiger partial charge >= 0.3 is 0 Å². The molecular weight excluding hydrogens is 238 g/mol. The van der Waals surface area contributed by atoms with E-state index in [4.69, 9.17) is 16.3 Å². The molecule has 3 nitrogen and oxygen atoms in total. The molecule has 1 aromatic carbocycles. The number of hydrogen-bond acceptors (Lipinski definition) is 2. The Morgan fingerprint density at radius 2 is 2.06 bits per heavy atom. The molecular formula is C13H14ClNO2. The molecule has 0 saturated heterocycles. The molecule has 0 unspecified atom stereocenters. The number of carbonyl (C=O) groups is 1. The van der Waals surface area contributed by atoms with Gasteiger partial charge in [-0.15, -0.1) is 0 Å². The van der Waals surface area contributed by atoms with E-state index < -0.39 is 0 Å². The number of nitrogens with zero attached hydrogens (tertiary/aromatic N) is 1. The fourth-order valence-corrected chi connectivity index (χ4v) is 2.40. The maximum atomic E-state index is 11.7. The molecule has 0 radical (unpaired) electrons. The van der Waals surface area contributed by atoms with Crippen LogP contribution in [0.3, 0.4) is 0 Å². The summed E-state index contributed by atoms with van der Waals surface area (Å²) in [6.45, 7) is 3.50. The summed E-state index contributed by atoms with van der Waals surface area (Å²) in [6, 6.07) is 3.65. The second kappa shape index (κ2) is 4.08. The highest BCUT2D eigenvalue weighted by atomic mass is 35.5. The summed E-state index contributed by atoms with van der Waals surface area (Å²) in [6.07, 6.45) is 0. The lowest BCUT2D eigenvalue weighted by Crippen LogP contribution is -1.96. The number of benzene rings is 1. The molecule has 2 rings (SSSR count). The third-order valence-electron chi connectivity index (χ3n) is 3.12. The zero-order valence-corrected chi connectivity index (χ0v) is 11.1. The second-order valence-electron chi connectivity index (χ2n) is 4.08. The molecule has 0 aliphatic carbocycles. The number of halogens is 1.